The summed E-state index contributed by atoms with van der Waals surface area (Å²) < 4.78 is 44.4. The zero-order valence-corrected chi connectivity index (χ0v) is 16.3. The third kappa shape index (κ3) is 3.47. The lowest BCUT2D eigenvalue weighted by Gasteiger charge is -2.39. The van der Waals surface area contributed by atoms with Crippen LogP contribution in [0.15, 0.2) is 24.8 Å². The number of hydrogen-bond donors (Lipinski definition) is 0. The number of rotatable bonds is 3. The van der Waals surface area contributed by atoms with Crippen LogP contribution in [0.25, 0.3) is 0 Å². The molecule has 0 aromatic heterocycles. The molecule has 0 aliphatic heterocycles. The topological polar surface area (TPSA) is 0 Å². The lowest BCUT2D eigenvalue weighted by Crippen LogP contribution is -2.33. The van der Waals surface area contributed by atoms with Crippen molar-refractivity contribution in [3.63, 3.8) is 0 Å². The van der Waals surface area contributed by atoms with Gasteiger partial charge >= 0.3 is 0 Å². The molecule has 3 aliphatic carbocycles. The molecule has 1 unspecified atom stereocenters. The summed E-state index contributed by atoms with van der Waals surface area (Å²) in [5.74, 6) is -2.30. The second kappa shape index (κ2) is 7.29. The Balaban J connectivity index is 1.40. The summed E-state index contributed by atoms with van der Waals surface area (Å²) in [5, 5.41) is 0. The fraction of sp³-hybridized carbons (Fsp3) is 0.667. The smallest absolute Gasteiger partial charge is 0.206 e. The van der Waals surface area contributed by atoms with E-state index in [0.717, 1.165) is 37.2 Å². The summed E-state index contributed by atoms with van der Waals surface area (Å²) in [6, 6.07) is 3.02. The molecule has 1 aromatic rings. The Hall–Kier alpha value is -1.25. The van der Waals surface area contributed by atoms with Crippen molar-refractivity contribution in [2.24, 2.45) is 29.6 Å². The van der Waals surface area contributed by atoms with Gasteiger partial charge in [-0.05, 0) is 106 Å². The monoisotopic (exact) mass is 376 g/mol. The van der Waals surface area contributed by atoms with E-state index in [2.05, 4.69) is 12.7 Å². The molecular formula is C24H31F3. The number of benzene rings is 1. The Morgan fingerprint density at radius 3 is 2.07 bits per heavy atom. The summed E-state index contributed by atoms with van der Waals surface area (Å²) in [6.45, 7) is 5.70. The molecule has 0 saturated heterocycles. The van der Waals surface area contributed by atoms with Crippen molar-refractivity contribution in [2.75, 3.05) is 0 Å². The third-order valence-corrected chi connectivity index (χ3v) is 7.76. The fourth-order valence-electron chi connectivity index (χ4n) is 6.23. The molecule has 148 valence electrons. The lowest BCUT2D eigenvalue weighted by atomic mass is 9.67. The van der Waals surface area contributed by atoms with Crippen LogP contribution < -0.4 is 0 Å². The van der Waals surface area contributed by atoms with E-state index in [0.29, 0.717) is 23.8 Å². The molecule has 2 fully saturated rings. The highest BCUT2D eigenvalue weighted by molar-refractivity contribution is 5.41. The van der Waals surface area contributed by atoms with Crippen molar-refractivity contribution in [2.45, 2.75) is 70.6 Å². The number of aryl methyl sites for hydroxylation is 1. The number of fused-ring (bicyclic) bond motifs is 1. The van der Waals surface area contributed by atoms with E-state index in [1.165, 1.54) is 31.7 Å². The zero-order valence-electron chi connectivity index (χ0n) is 16.3. The van der Waals surface area contributed by atoms with Gasteiger partial charge in [0.25, 0.3) is 5.92 Å². The van der Waals surface area contributed by atoms with Gasteiger partial charge in [0.2, 0.25) is 0 Å². The Labute approximate surface area is 161 Å². The Kier molecular flexibility index (Phi) is 5.16. The van der Waals surface area contributed by atoms with Gasteiger partial charge in [-0.2, -0.15) is 0 Å². The lowest BCUT2D eigenvalue weighted by molar-refractivity contribution is -0.0853. The van der Waals surface area contributed by atoms with E-state index < -0.39 is 17.7 Å². The minimum Gasteiger partial charge on any atom is -0.206 e. The molecule has 0 N–H and O–H groups in total. The van der Waals surface area contributed by atoms with E-state index in [9.17, 15) is 4.39 Å². The van der Waals surface area contributed by atoms with Crippen LogP contribution in [0.4, 0.5) is 13.2 Å². The van der Waals surface area contributed by atoms with E-state index in [-0.39, 0.29) is 11.5 Å². The van der Waals surface area contributed by atoms with E-state index in [4.69, 9.17) is 0 Å². The molecule has 4 rings (SSSR count). The number of allylic oxidation sites excluding steroid dienone is 1. The molecule has 1 atom stereocenters. The van der Waals surface area contributed by atoms with Gasteiger partial charge in [0.05, 0.1) is 5.56 Å². The van der Waals surface area contributed by atoms with Gasteiger partial charge in [-0.3, -0.25) is 0 Å². The number of alkyl halides is 2. The van der Waals surface area contributed by atoms with E-state index >= 15 is 8.78 Å². The predicted molar refractivity (Wildman–Crippen MR) is 103 cm³/mol. The van der Waals surface area contributed by atoms with Crippen molar-refractivity contribution in [1.82, 2.24) is 0 Å². The van der Waals surface area contributed by atoms with Crippen LogP contribution in [0.1, 0.15) is 68.1 Å². The van der Waals surface area contributed by atoms with Gasteiger partial charge in [-0.15, -0.1) is 6.58 Å². The summed E-state index contributed by atoms with van der Waals surface area (Å²) in [6.07, 6.45) is 11.3. The second-order valence-electron chi connectivity index (χ2n) is 9.30. The summed E-state index contributed by atoms with van der Waals surface area (Å²) in [7, 11) is 0. The Bertz CT molecular complexity index is 692. The SMILES string of the molecule is C=CC1CCC(C2CCC(C3Cc4cc(C)cc(F)c4C3(F)F)CC2)CC1. The highest BCUT2D eigenvalue weighted by Gasteiger charge is 2.53. The molecule has 0 nitrogen and oxygen atoms in total. The largest absolute Gasteiger partial charge is 0.279 e. The molecule has 27 heavy (non-hydrogen) atoms. The molecule has 0 spiro atoms. The van der Waals surface area contributed by atoms with Crippen LogP contribution in [0, 0.1) is 42.3 Å². The summed E-state index contributed by atoms with van der Waals surface area (Å²) in [4.78, 5) is 0. The van der Waals surface area contributed by atoms with E-state index in [1.54, 1.807) is 13.0 Å². The highest BCUT2D eigenvalue weighted by atomic mass is 19.3. The molecule has 2 saturated carbocycles. The normalized spacial score (nSPS) is 35.6. The minimum atomic E-state index is -3.02. The van der Waals surface area contributed by atoms with Crippen molar-refractivity contribution < 1.29 is 13.2 Å². The maximum absolute atomic E-state index is 15.1. The summed E-state index contributed by atoms with van der Waals surface area (Å²) >= 11 is 0. The predicted octanol–water partition coefficient (Wildman–Crippen LogP) is 7.20. The van der Waals surface area contributed by atoms with Gasteiger partial charge in [-0.25, -0.2) is 13.2 Å². The third-order valence-electron chi connectivity index (χ3n) is 7.76. The molecule has 0 bridgehead atoms. The van der Waals surface area contributed by atoms with Gasteiger partial charge in [0.15, 0.2) is 0 Å². The van der Waals surface area contributed by atoms with Crippen molar-refractivity contribution in [3.8, 4) is 0 Å². The first kappa shape index (κ1) is 19.1. The van der Waals surface area contributed by atoms with Crippen LogP contribution in [-0.2, 0) is 12.3 Å². The van der Waals surface area contributed by atoms with Crippen LogP contribution in [0.3, 0.4) is 0 Å². The van der Waals surface area contributed by atoms with Gasteiger partial charge < -0.3 is 0 Å². The highest BCUT2D eigenvalue weighted by Crippen LogP contribution is 2.54. The first-order valence-electron chi connectivity index (χ1n) is 10.7. The van der Waals surface area contributed by atoms with Crippen LogP contribution >= 0.6 is 0 Å². The van der Waals surface area contributed by atoms with Gasteiger partial charge in [0.1, 0.15) is 5.82 Å². The first-order chi connectivity index (χ1) is 12.9. The maximum Gasteiger partial charge on any atom is 0.279 e. The van der Waals surface area contributed by atoms with Crippen molar-refractivity contribution in [3.05, 3.63) is 47.3 Å². The maximum atomic E-state index is 15.1. The van der Waals surface area contributed by atoms with Crippen LogP contribution in [0.5, 0.6) is 0 Å². The molecule has 0 radical (unpaired) electrons. The van der Waals surface area contributed by atoms with Crippen LogP contribution in [0.2, 0.25) is 0 Å². The average Bonchev–Trinajstić information content (AvgIpc) is 2.92. The minimum absolute atomic E-state index is 0.0212. The molecule has 1 aromatic carbocycles. The molecule has 3 aliphatic rings. The van der Waals surface area contributed by atoms with Crippen molar-refractivity contribution >= 4 is 0 Å². The number of halogens is 3. The number of hydrogen-bond acceptors (Lipinski definition) is 0. The standard InChI is InChI=1S/C24H31F3/c1-3-16-4-6-17(7-5-16)18-8-10-19(11-9-18)21-14-20-12-15(2)13-22(25)23(20)24(21,26)27/h3,12-13,16-19,21H,1,4-11,14H2,2H3. The fourth-order valence-corrected chi connectivity index (χ4v) is 6.23. The molecular weight excluding hydrogens is 345 g/mol. The van der Waals surface area contributed by atoms with Crippen LogP contribution in [-0.4, -0.2) is 0 Å². The molecule has 3 heteroatoms. The van der Waals surface area contributed by atoms with Gasteiger partial charge in [-0.1, -0.05) is 12.1 Å². The Morgan fingerprint density at radius 2 is 1.48 bits per heavy atom. The molecule has 0 amide bonds. The second-order valence-corrected chi connectivity index (χ2v) is 9.30. The van der Waals surface area contributed by atoms with Crippen molar-refractivity contribution in [1.29, 1.82) is 0 Å². The first-order valence-corrected chi connectivity index (χ1v) is 10.7. The zero-order chi connectivity index (χ0) is 19.2. The quantitative estimate of drug-likeness (QED) is 0.489. The summed E-state index contributed by atoms with van der Waals surface area (Å²) in [5.41, 5.74) is 0.955. The average molecular weight is 377 g/mol. The van der Waals surface area contributed by atoms with E-state index in [1.807, 2.05) is 0 Å². The Morgan fingerprint density at radius 1 is 0.926 bits per heavy atom. The molecule has 0 heterocycles. The van der Waals surface area contributed by atoms with Gasteiger partial charge in [0, 0.05) is 5.92 Å².